The molecular formula is C27H43NO5. The molecule has 0 bridgehead atoms. The Morgan fingerprint density at radius 2 is 1.94 bits per heavy atom. The first-order valence-corrected chi connectivity index (χ1v) is 12.9. The molecule has 1 amide bonds. The second-order valence-electron chi connectivity index (χ2n) is 10.7. The lowest BCUT2D eigenvalue weighted by molar-refractivity contribution is -0.158. The number of fused-ring (bicyclic) bond motifs is 1. The predicted molar refractivity (Wildman–Crippen MR) is 128 cm³/mol. The van der Waals surface area contributed by atoms with Crippen molar-refractivity contribution < 1.29 is 24.5 Å². The van der Waals surface area contributed by atoms with Gasteiger partial charge < -0.3 is 20.3 Å². The molecule has 8 atom stereocenters. The van der Waals surface area contributed by atoms with Crippen molar-refractivity contribution in [2.45, 2.75) is 103 Å². The molecule has 186 valence electrons. The number of aliphatic hydroxyl groups excluding tert-OH is 2. The maximum absolute atomic E-state index is 12.6. The Kier molecular flexibility index (Phi) is 9.17. The van der Waals surface area contributed by atoms with Crippen LogP contribution in [0.2, 0.25) is 0 Å². The quantitative estimate of drug-likeness (QED) is 0.406. The predicted octanol–water partition coefficient (Wildman–Crippen LogP) is 3.91. The fourth-order valence-corrected chi connectivity index (χ4v) is 5.28. The van der Waals surface area contributed by atoms with E-state index in [1.165, 1.54) is 5.57 Å². The third kappa shape index (κ3) is 7.41. The van der Waals surface area contributed by atoms with Gasteiger partial charge in [-0.05, 0) is 68.3 Å². The lowest BCUT2D eigenvalue weighted by Crippen LogP contribution is -2.41. The van der Waals surface area contributed by atoms with Gasteiger partial charge in [0.05, 0.1) is 24.5 Å². The number of hydrogen-bond donors (Lipinski definition) is 3. The Morgan fingerprint density at radius 3 is 2.61 bits per heavy atom. The van der Waals surface area contributed by atoms with Crippen LogP contribution in [-0.4, -0.2) is 46.4 Å². The molecule has 6 heteroatoms. The van der Waals surface area contributed by atoms with E-state index in [9.17, 15) is 19.8 Å². The molecule has 3 aliphatic rings. The van der Waals surface area contributed by atoms with E-state index in [1.54, 1.807) is 0 Å². The van der Waals surface area contributed by atoms with Crippen molar-refractivity contribution in [2.75, 3.05) is 0 Å². The molecular weight excluding hydrogens is 418 g/mol. The summed E-state index contributed by atoms with van der Waals surface area (Å²) < 4.78 is 6.05. The van der Waals surface area contributed by atoms with E-state index in [0.717, 1.165) is 32.1 Å². The van der Waals surface area contributed by atoms with E-state index in [4.69, 9.17) is 4.74 Å². The van der Waals surface area contributed by atoms with Gasteiger partial charge in [-0.2, -0.15) is 0 Å². The van der Waals surface area contributed by atoms with Gasteiger partial charge in [0.2, 0.25) is 5.91 Å². The summed E-state index contributed by atoms with van der Waals surface area (Å²) in [6, 6.07) is 0.276. The highest BCUT2D eigenvalue weighted by Crippen LogP contribution is 2.45. The molecule has 1 fully saturated rings. The highest BCUT2D eigenvalue weighted by molar-refractivity contribution is 5.77. The number of ether oxygens (including phenoxy) is 1. The van der Waals surface area contributed by atoms with Gasteiger partial charge in [-0.1, -0.05) is 45.9 Å². The van der Waals surface area contributed by atoms with Gasteiger partial charge in [-0.15, -0.1) is 0 Å². The molecule has 0 heterocycles. The Balaban J connectivity index is 1.59. The van der Waals surface area contributed by atoms with Crippen LogP contribution in [0.15, 0.2) is 23.8 Å². The van der Waals surface area contributed by atoms with E-state index in [2.05, 4.69) is 37.4 Å². The van der Waals surface area contributed by atoms with Crippen LogP contribution < -0.4 is 5.32 Å². The average Bonchev–Trinajstić information content (AvgIpc) is 3.55. The van der Waals surface area contributed by atoms with Gasteiger partial charge >= 0.3 is 5.97 Å². The number of allylic oxidation sites excluding steroid dienone is 3. The highest BCUT2D eigenvalue weighted by atomic mass is 16.5. The summed E-state index contributed by atoms with van der Waals surface area (Å²) in [6.07, 6.45) is 10.3. The molecule has 1 unspecified atom stereocenters. The van der Waals surface area contributed by atoms with Crippen LogP contribution in [-0.2, 0) is 14.3 Å². The highest BCUT2D eigenvalue weighted by Gasteiger charge is 2.41. The topological polar surface area (TPSA) is 95.9 Å². The van der Waals surface area contributed by atoms with E-state index < -0.39 is 12.2 Å². The summed E-state index contributed by atoms with van der Waals surface area (Å²) in [5.41, 5.74) is 1.24. The van der Waals surface area contributed by atoms with Crippen LogP contribution in [0.1, 0.15) is 79.1 Å². The molecule has 0 aromatic rings. The summed E-state index contributed by atoms with van der Waals surface area (Å²) in [4.78, 5) is 24.5. The first-order chi connectivity index (χ1) is 15.7. The summed E-state index contributed by atoms with van der Waals surface area (Å²) in [5, 5.41) is 23.7. The third-order valence-corrected chi connectivity index (χ3v) is 7.62. The Labute approximate surface area is 198 Å². The molecule has 6 nitrogen and oxygen atoms in total. The maximum Gasteiger partial charge on any atom is 0.308 e. The first-order valence-electron chi connectivity index (χ1n) is 12.9. The SMILES string of the molecule is CC[C@H](C)C(=O)O[C@H]1C[C@@H](C)C=C2C=C[C@H](C)[C@H](CC[C@@H](O)C[C@@H](O)CC(=O)NC3CC3)C21. The van der Waals surface area contributed by atoms with Crippen molar-refractivity contribution in [2.24, 2.45) is 29.6 Å². The number of rotatable bonds is 11. The summed E-state index contributed by atoms with van der Waals surface area (Å²) in [6.45, 7) is 8.27. The van der Waals surface area contributed by atoms with Crippen molar-refractivity contribution in [1.29, 1.82) is 0 Å². The van der Waals surface area contributed by atoms with Crippen molar-refractivity contribution in [1.82, 2.24) is 5.32 Å². The lowest BCUT2D eigenvalue weighted by Gasteiger charge is -2.43. The van der Waals surface area contributed by atoms with Crippen LogP contribution in [0.25, 0.3) is 0 Å². The zero-order chi connectivity index (χ0) is 24.1. The maximum atomic E-state index is 12.6. The smallest absolute Gasteiger partial charge is 0.308 e. The number of aliphatic hydroxyl groups is 2. The van der Waals surface area contributed by atoms with Crippen molar-refractivity contribution >= 4 is 11.9 Å². The summed E-state index contributed by atoms with van der Waals surface area (Å²) >= 11 is 0. The zero-order valence-electron chi connectivity index (χ0n) is 20.7. The minimum Gasteiger partial charge on any atom is -0.461 e. The van der Waals surface area contributed by atoms with Crippen LogP contribution in [0, 0.1) is 29.6 Å². The fraction of sp³-hybridized carbons (Fsp3) is 0.778. The van der Waals surface area contributed by atoms with E-state index in [1.807, 2.05) is 13.8 Å². The monoisotopic (exact) mass is 461 g/mol. The largest absolute Gasteiger partial charge is 0.461 e. The van der Waals surface area contributed by atoms with Gasteiger partial charge in [-0.3, -0.25) is 9.59 Å². The van der Waals surface area contributed by atoms with Gasteiger partial charge in [0, 0.05) is 12.0 Å². The summed E-state index contributed by atoms with van der Waals surface area (Å²) in [5.74, 6) is 0.693. The Hall–Kier alpha value is -1.66. The van der Waals surface area contributed by atoms with Crippen molar-refractivity contribution in [3.05, 3.63) is 23.8 Å². The third-order valence-electron chi connectivity index (χ3n) is 7.62. The molecule has 0 spiro atoms. The fourth-order valence-electron chi connectivity index (χ4n) is 5.28. The van der Waals surface area contributed by atoms with Crippen LogP contribution in [0.3, 0.4) is 0 Å². The molecule has 0 radical (unpaired) electrons. The van der Waals surface area contributed by atoms with Crippen LogP contribution in [0.4, 0.5) is 0 Å². The minimum atomic E-state index is -0.836. The van der Waals surface area contributed by atoms with E-state index in [0.29, 0.717) is 18.3 Å². The molecule has 3 aliphatic carbocycles. The van der Waals surface area contributed by atoms with E-state index in [-0.39, 0.29) is 54.6 Å². The van der Waals surface area contributed by atoms with Gasteiger partial charge in [0.15, 0.2) is 0 Å². The minimum absolute atomic E-state index is 0.0389. The van der Waals surface area contributed by atoms with Gasteiger partial charge in [0.25, 0.3) is 0 Å². The lowest BCUT2D eigenvalue weighted by atomic mass is 9.65. The normalized spacial score (nSPS) is 31.7. The van der Waals surface area contributed by atoms with Gasteiger partial charge in [-0.25, -0.2) is 0 Å². The van der Waals surface area contributed by atoms with Gasteiger partial charge in [0.1, 0.15) is 6.10 Å². The number of carbonyl (C=O) groups excluding carboxylic acids is 2. The Morgan fingerprint density at radius 1 is 1.21 bits per heavy atom. The molecule has 3 N–H and O–H groups in total. The molecule has 0 aliphatic heterocycles. The van der Waals surface area contributed by atoms with Crippen LogP contribution in [0.5, 0.6) is 0 Å². The van der Waals surface area contributed by atoms with Crippen molar-refractivity contribution in [3.63, 3.8) is 0 Å². The molecule has 0 aromatic carbocycles. The first kappa shape index (κ1) is 26.0. The van der Waals surface area contributed by atoms with Crippen molar-refractivity contribution in [3.8, 4) is 0 Å². The number of amides is 1. The second kappa shape index (κ2) is 11.7. The number of carbonyl (C=O) groups is 2. The standard InChI is InChI=1S/C27H43NO5/c1-5-17(3)27(32)33-24-13-16(2)12-19-7-6-18(4)23(26(19)24)11-10-21(29)14-22(30)15-25(31)28-20-8-9-20/h6-7,12,16-18,20-24,26,29-30H,5,8-11,13-15H2,1-4H3,(H,28,31)/t16-,17-,18-,21+,22+,23-,24-,26?/m0/s1. The van der Waals surface area contributed by atoms with E-state index >= 15 is 0 Å². The Bertz CT molecular complexity index is 743. The molecule has 0 aromatic heterocycles. The average molecular weight is 462 g/mol. The second-order valence-corrected chi connectivity index (χ2v) is 10.7. The molecule has 1 saturated carbocycles. The zero-order valence-corrected chi connectivity index (χ0v) is 20.7. The van der Waals surface area contributed by atoms with Crippen LogP contribution >= 0.6 is 0 Å². The molecule has 3 rings (SSSR count). The number of nitrogens with one attached hydrogen (secondary N) is 1. The summed E-state index contributed by atoms with van der Waals surface area (Å²) in [7, 11) is 0. The molecule has 0 saturated heterocycles. The number of hydrogen-bond acceptors (Lipinski definition) is 5. The molecule has 33 heavy (non-hydrogen) atoms. The number of esters is 1.